The molecule has 4 heterocycles. The van der Waals surface area contributed by atoms with Crippen LogP contribution < -0.4 is 20.1 Å². The summed E-state index contributed by atoms with van der Waals surface area (Å²) in [5, 5.41) is 25.2. The minimum Gasteiger partial charge on any atom is -0.497 e. The van der Waals surface area contributed by atoms with Gasteiger partial charge in [-0.05, 0) is 77.2 Å². The lowest BCUT2D eigenvalue weighted by Crippen LogP contribution is -2.51. The predicted molar refractivity (Wildman–Crippen MR) is 249 cm³/mol. The van der Waals surface area contributed by atoms with Gasteiger partial charge in [0.2, 0.25) is 5.91 Å². The first-order chi connectivity index (χ1) is 30.5. The highest BCUT2D eigenvalue weighted by Crippen LogP contribution is 2.60. The molecule has 0 aliphatic carbocycles. The van der Waals surface area contributed by atoms with Crippen LogP contribution in [0, 0.1) is 5.92 Å². The summed E-state index contributed by atoms with van der Waals surface area (Å²) in [6.45, 7) is 7.61. The van der Waals surface area contributed by atoms with Crippen LogP contribution in [0.1, 0.15) is 47.2 Å². The van der Waals surface area contributed by atoms with Gasteiger partial charge in [-0.1, -0.05) is 115 Å². The summed E-state index contributed by atoms with van der Waals surface area (Å²) < 4.78 is 14.7. The van der Waals surface area contributed by atoms with Gasteiger partial charge in [0, 0.05) is 52.0 Å². The number of aryl methyl sites for hydroxylation is 1. The lowest BCUT2D eigenvalue weighted by molar-refractivity contribution is -0.146. The molecule has 11 nitrogen and oxygen atoms in total. The minimum atomic E-state index is -2.42. The van der Waals surface area contributed by atoms with E-state index in [1.165, 1.54) is 5.19 Å². The molecule has 5 aromatic carbocycles. The Balaban J connectivity index is 0.990. The van der Waals surface area contributed by atoms with E-state index < -0.39 is 13.7 Å². The van der Waals surface area contributed by atoms with E-state index in [0.717, 1.165) is 44.6 Å². The Kier molecular flexibility index (Phi) is 11.6. The summed E-state index contributed by atoms with van der Waals surface area (Å²) >= 11 is 6.77. The topological polar surface area (TPSA) is 135 Å². The second-order valence-corrected chi connectivity index (χ2v) is 22.5. The zero-order valence-corrected chi connectivity index (χ0v) is 37.5. The number of ether oxygens (including phenoxy) is 2. The van der Waals surface area contributed by atoms with Gasteiger partial charge in [0.15, 0.2) is 5.60 Å². The van der Waals surface area contributed by atoms with E-state index in [9.17, 15) is 9.90 Å². The highest BCUT2D eigenvalue weighted by molar-refractivity contribution is 6.91. The molecule has 1 spiro atoms. The average molecular weight is 880 g/mol. The molecule has 322 valence electrons. The summed E-state index contributed by atoms with van der Waals surface area (Å²) in [6.07, 6.45) is 4.29. The SMILES string of the molecule is COc1ccc([Si](C)(C)[C@H]2[C@H](CCn3cc(C(CO)c4ccccc4)nn3)O[C@@]3(C(=O)N(Cc4ccc(NC(=O)Cc5c[nH]c6ccccc56)cc4)c4ccc(Cl)cc43)[C@@H]2C)cc1. The molecule has 2 aliphatic heterocycles. The van der Waals surface area contributed by atoms with Gasteiger partial charge in [-0.2, -0.15) is 0 Å². The lowest BCUT2D eigenvalue weighted by atomic mass is 9.82. The number of benzene rings is 5. The molecule has 3 N–H and O–H groups in total. The molecule has 2 amide bonds. The Morgan fingerprint density at radius 3 is 2.49 bits per heavy atom. The van der Waals surface area contributed by atoms with E-state index >= 15 is 4.79 Å². The maximum Gasteiger partial charge on any atom is 0.264 e. The van der Waals surface area contributed by atoms with Crippen molar-refractivity contribution < 1.29 is 24.2 Å². The van der Waals surface area contributed by atoms with Crippen molar-refractivity contribution in [2.75, 3.05) is 23.9 Å². The van der Waals surface area contributed by atoms with Gasteiger partial charge in [-0.25, -0.2) is 0 Å². The number of nitrogens with zero attached hydrogens (tertiary/aromatic N) is 4. The number of rotatable bonds is 14. The minimum absolute atomic E-state index is 0.00581. The van der Waals surface area contributed by atoms with E-state index in [1.54, 1.807) is 7.11 Å². The van der Waals surface area contributed by atoms with E-state index in [1.807, 2.05) is 131 Å². The highest BCUT2D eigenvalue weighted by Gasteiger charge is 2.66. The van der Waals surface area contributed by atoms with Crippen molar-refractivity contribution in [2.45, 2.75) is 69.1 Å². The van der Waals surface area contributed by atoms with E-state index in [4.69, 9.17) is 21.1 Å². The third-order valence-electron chi connectivity index (χ3n) is 13.3. The van der Waals surface area contributed by atoms with Crippen LogP contribution in [0.5, 0.6) is 5.75 Å². The maximum atomic E-state index is 15.4. The van der Waals surface area contributed by atoms with Gasteiger partial charge < -0.3 is 29.8 Å². The van der Waals surface area contributed by atoms with Crippen molar-refractivity contribution in [2.24, 2.45) is 5.92 Å². The number of aromatic nitrogens is 4. The Morgan fingerprint density at radius 1 is 1.00 bits per heavy atom. The standard InChI is InChI=1S/C50H51ClN6O5Si/c1-32-48(63(3,4)39-21-19-38(61-2)20-22-39)46(24-25-56-30-44(54-55-56)41(31-58)34-10-6-5-7-11-34)62-50(32)42-27-36(51)16-23-45(42)57(49(50)60)29-33-14-17-37(18-15-33)53-47(59)26-35-28-52-43-13-9-8-12-40(35)43/h5-23,27-28,30,32,41,46,48,52,58H,24-26,29,31H2,1-4H3,(H,53,59)/t32-,41?,46+,48-,50+/m1/s1. The number of aliphatic hydroxyl groups excluding tert-OH is 1. The van der Waals surface area contributed by atoms with Crippen LogP contribution in [-0.4, -0.2) is 64.8 Å². The first kappa shape index (κ1) is 42.3. The average Bonchev–Trinajstić information content (AvgIpc) is 4.06. The largest absolute Gasteiger partial charge is 0.497 e. The number of aliphatic hydroxyl groups is 1. The zero-order chi connectivity index (χ0) is 43.9. The second-order valence-electron chi connectivity index (χ2n) is 17.3. The predicted octanol–water partition coefficient (Wildman–Crippen LogP) is 8.58. The first-order valence-corrected chi connectivity index (χ1v) is 24.9. The summed E-state index contributed by atoms with van der Waals surface area (Å²) in [7, 11) is -0.748. The van der Waals surface area contributed by atoms with E-state index in [-0.39, 0.29) is 48.3 Å². The number of amides is 2. The van der Waals surface area contributed by atoms with Crippen molar-refractivity contribution in [1.82, 2.24) is 20.0 Å². The molecule has 2 aromatic heterocycles. The van der Waals surface area contributed by atoms with Crippen molar-refractivity contribution in [3.05, 3.63) is 167 Å². The number of hydrogen-bond acceptors (Lipinski definition) is 7. The number of H-pyrrole nitrogens is 1. The number of hydrogen-bond donors (Lipinski definition) is 3. The molecule has 2 aliphatic rings. The summed E-state index contributed by atoms with van der Waals surface area (Å²) in [5.41, 5.74) is 5.44. The fourth-order valence-corrected chi connectivity index (χ4v) is 14.4. The number of halogens is 1. The van der Waals surface area contributed by atoms with Gasteiger partial charge in [-0.15, -0.1) is 5.10 Å². The van der Waals surface area contributed by atoms with Crippen LogP contribution in [0.15, 0.2) is 134 Å². The summed E-state index contributed by atoms with van der Waals surface area (Å²) in [4.78, 5) is 33.6. The van der Waals surface area contributed by atoms with Gasteiger partial charge in [0.25, 0.3) is 5.91 Å². The molecular weight excluding hydrogens is 828 g/mol. The molecule has 9 rings (SSSR count). The van der Waals surface area contributed by atoms with E-state index in [2.05, 4.69) is 52.8 Å². The Hall–Kier alpha value is -6.05. The Bertz CT molecular complexity index is 2760. The highest BCUT2D eigenvalue weighted by atomic mass is 35.5. The molecule has 1 saturated heterocycles. The van der Waals surface area contributed by atoms with Crippen LogP contribution >= 0.6 is 11.6 Å². The molecule has 0 saturated carbocycles. The molecule has 13 heteroatoms. The van der Waals surface area contributed by atoms with Crippen LogP contribution in [0.3, 0.4) is 0 Å². The number of aromatic amines is 1. The summed E-state index contributed by atoms with van der Waals surface area (Å²) in [5.74, 6) is 0.0377. The fourth-order valence-electron chi connectivity index (χ4n) is 10.1. The maximum absolute atomic E-state index is 15.4. The number of anilines is 2. The van der Waals surface area contributed by atoms with E-state index in [0.29, 0.717) is 35.9 Å². The molecule has 0 bridgehead atoms. The Labute approximate surface area is 373 Å². The zero-order valence-electron chi connectivity index (χ0n) is 35.8. The van der Waals surface area contributed by atoms with Gasteiger partial charge in [0.05, 0.1) is 58.2 Å². The third kappa shape index (κ3) is 7.86. The number of fused-ring (bicyclic) bond motifs is 3. The van der Waals surface area contributed by atoms with Gasteiger partial charge in [-0.3, -0.25) is 14.3 Å². The number of para-hydroxylation sites is 1. The third-order valence-corrected chi connectivity index (χ3v) is 17.9. The van der Waals surface area contributed by atoms with Crippen LogP contribution in [-0.2, 0) is 39.4 Å². The molecule has 5 atom stereocenters. The van der Waals surface area contributed by atoms with Crippen molar-refractivity contribution in [3.63, 3.8) is 0 Å². The van der Waals surface area contributed by atoms with Crippen molar-refractivity contribution in [1.29, 1.82) is 0 Å². The molecule has 1 fully saturated rings. The number of nitrogens with one attached hydrogen (secondary N) is 2. The number of carbonyl (C=O) groups is 2. The molecule has 1 unspecified atom stereocenters. The summed E-state index contributed by atoms with van der Waals surface area (Å²) in [6, 6.07) is 39.4. The molecule has 7 aromatic rings. The monoisotopic (exact) mass is 878 g/mol. The first-order valence-electron chi connectivity index (χ1n) is 21.4. The number of carbonyl (C=O) groups excluding carboxylic acids is 2. The van der Waals surface area contributed by atoms with Crippen molar-refractivity contribution >= 4 is 59.0 Å². The van der Waals surface area contributed by atoms with Crippen LogP contribution in [0.4, 0.5) is 11.4 Å². The van der Waals surface area contributed by atoms with Crippen LogP contribution in [0.2, 0.25) is 23.7 Å². The molecule has 63 heavy (non-hydrogen) atoms. The van der Waals surface area contributed by atoms with Gasteiger partial charge in [0.1, 0.15) is 5.75 Å². The van der Waals surface area contributed by atoms with Gasteiger partial charge >= 0.3 is 0 Å². The molecule has 0 radical (unpaired) electrons. The quantitative estimate of drug-likeness (QED) is 0.0933. The Morgan fingerprint density at radius 2 is 1.75 bits per heavy atom. The van der Waals surface area contributed by atoms with Crippen LogP contribution in [0.25, 0.3) is 10.9 Å². The number of methoxy groups -OCH3 is 1. The van der Waals surface area contributed by atoms with Crippen molar-refractivity contribution in [3.8, 4) is 5.75 Å². The fraction of sp³-hybridized carbons (Fsp3) is 0.280. The molecular formula is C50H51ClN6O5Si. The normalized spacial score (nSPS) is 20.1. The lowest BCUT2D eigenvalue weighted by Gasteiger charge is -2.37. The smallest absolute Gasteiger partial charge is 0.264 e. The second kappa shape index (κ2) is 17.3.